The number of fused-ring (bicyclic) bond motifs is 1. The Balaban J connectivity index is 0.933. The van der Waals surface area contributed by atoms with Crippen LogP contribution in [-0.4, -0.2) is 63.5 Å². The summed E-state index contributed by atoms with van der Waals surface area (Å²) in [5.41, 5.74) is 1.61. The van der Waals surface area contributed by atoms with Gasteiger partial charge in [-0.15, -0.1) is 0 Å². The number of oxazole rings is 1. The number of aliphatic hydroxyl groups excluding tert-OH is 1. The lowest BCUT2D eigenvalue weighted by Gasteiger charge is -2.36. The van der Waals surface area contributed by atoms with Crippen molar-refractivity contribution in [1.29, 1.82) is 0 Å². The van der Waals surface area contributed by atoms with Crippen LogP contribution in [-0.2, 0) is 18.6 Å². The van der Waals surface area contributed by atoms with E-state index in [1.165, 1.54) is 12.5 Å². The van der Waals surface area contributed by atoms with Gasteiger partial charge in [0.15, 0.2) is 5.60 Å². The number of ether oxygens (including phenoxy) is 1. The third-order valence-corrected chi connectivity index (χ3v) is 10.4. The van der Waals surface area contributed by atoms with Crippen LogP contribution in [0.4, 0.5) is 0 Å². The van der Waals surface area contributed by atoms with Crippen LogP contribution in [0.5, 0.6) is 11.5 Å². The average molecular weight is 687 g/mol. The molecule has 5 N–H and O–H groups in total. The molecule has 10 nitrogen and oxygen atoms in total. The first-order valence-corrected chi connectivity index (χ1v) is 18.0. The molecule has 1 fully saturated rings. The number of thiazole rings is 1. The third-order valence-electron chi connectivity index (χ3n) is 9.49. The molecule has 0 aliphatic heterocycles. The van der Waals surface area contributed by atoms with E-state index in [-0.39, 0.29) is 23.1 Å². The molecule has 0 amide bonds. The zero-order valence-electron chi connectivity index (χ0n) is 27.9. The van der Waals surface area contributed by atoms with Crippen LogP contribution < -0.4 is 14.9 Å². The van der Waals surface area contributed by atoms with Crippen molar-refractivity contribution < 1.29 is 24.5 Å². The fourth-order valence-electron chi connectivity index (χ4n) is 6.79. The maximum Gasteiger partial charge on any atom is 0.305 e. The number of aliphatic hydroxyl groups is 2. The summed E-state index contributed by atoms with van der Waals surface area (Å²) in [6.07, 6.45) is 7.85. The summed E-state index contributed by atoms with van der Waals surface area (Å²) in [5.74, 6) is 2.05. The number of hydrogen-bond acceptors (Lipinski definition) is 10. The van der Waals surface area contributed by atoms with Gasteiger partial charge in [-0.2, -0.15) is 0 Å². The molecule has 0 radical (unpaired) electrons. The Bertz CT molecular complexity index is 1850. The van der Waals surface area contributed by atoms with Gasteiger partial charge in [-0.25, -0.2) is 4.98 Å². The zero-order chi connectivity index (χ0) is 34.2. The Kier molecular flexibility index (Phi) is 11.5. The first-order valence-electron chi connectivity index (χ1n) is 17.2. The third kappa shape index (κ3) is 8.42. The van der Waals surface area contributed by atoms with E-state index >= 15 is 0 Å². The number of phenols is 1. The van der Waals surface area contributed by atoms with Crippen LogP contribution >= 0.6 is 11.3 Å². The molecule has 260 valence electrons. The number of hydrogen-bond donors (Lipinski definition) is 5. The Labute approximate surface area is 290 Å². The van der Waals surface area contributed by atoms with Crippen LogP contribution in [0.1, 0.15) is 73.0 Å². The van der Waals surface area contributed by atoms with E-state index in [1.54, 1.807) is 12.3 Å². The second-order valence-corrected chi connectivity index (χ2v) is 14.0. The van der Waals surface area contributed by atoms with Gasteiger partial charge in [0.05, 0.1) is 23.6 Å². The van der Waals surface area contributed by atoms with Crippen molar-refractivity contribution >= 4 is 21.6 Å². The summed E-state index contributed by atoms with van der Waals surface area (Å²) < 4.78 is 12.8. The topological polar surface area (TPSA) is 144 Å². The molecule has 11 heteroatoms. The van der Waals surface area contributed by atoms with E-state index in [0.717, 1.165) is 79.2 Å². The normalized spacial score (nSPS) is 15.8. The predicted molar refractivity (Wildman–Crippen MR) is 191 cm³/mol. The molecule has 1 aliphatic carbocycles. The van der Waals surface area contributed by atoms with Gasteiger partial charge in [0, 0.05) is 44.1 Å². The number of likely N-dealkylation sites (N-methyl/N-ethyl adjacent to an activating group) is 1. The zero-order valence-corrected chi connectivity index (χ0v) is 28.8. The molecule has 49 heavy (non-hydrogen) atoms. The second kappa shape index (κ2) is 16.1. The smallest absolute Gasteiger partial charge is 0.305 e. The van der Waals surface area contributed by atoms with Gasteiger partial charge in [-0.3, -0.25) is 4.79 Å². The first-order chi connectivity index (χ1) is 23.8. The fourth-order valence-corrected chi connectivity index (χ4v) is 7.71. The van der Waals surface area contributed by atoms with Crippen molar-refractivity contribution in [1.82, 2.24) is 20.2 Å². The van der Waals surface area contributed by atoms with Crippen molar-refractivity contribution in [3.63, 3.8) is 0 Å². The number of benzene rings is 3. The molecule has 2 atom stereocenters. The van der Waals surface area contributed by atoms with Gasteiger partial charge >= 0.3 is 4.87 Å². The van der Waals surface area contributed by atoms with Gasteiger partial charge in [-0.05, 0) is 55.6 Å². The summed E-state index contributed by atoms with van der Waals surface area (Å²) in [7, 11) is 2.08. The highest BCUT2D eigenvalue weighted by molar-refractivity contribution is 7.16. The maximum absolute atomic E-state index is 12.1. The number of aromatic amines is 1. The van der Waals surface area contributed by atoms with Crippen LogP contribution in [0.2, 0.25) is 0 Å². The lowest BCUT2D eigenvalue weighted by Crippen LogP contribution is -2.38. The van der Waals surface area contributed by atoms with Gasteiger partial charge in [0.1, 0.15) is 22.8 Å². The SMILES string of the molecule is CN(CCCOc1cccc(CNC[C@H](O)c2ccc(O)c3[nH]c(=O)sc23)c1)CCc1cnc(C(O)(c2ccccc2)C2CCCCC2)o1. The monoisotopic (exact) mass is 686 g/mol. The minimum absolute atomic E-state index is 0.00994. The van der Waals surface area contributed by atoms with Crippen LogP contribution in [0, 0.1) is 5.92 Å². The Morgan fingerprint density at radius 3 is 2.73 bits per heavy atom. The lowest BCUT2D eigenvalue weighted by atomic mass is 9.73. The lowest BCUT2D eigenvalue weighted by molar-refractivity contribution is -0.0239. The molecule has 0 saturated heterocycles. The minimum atomic E-state index is -1.22. The number of aromatic hydroxyl groups is 1. The van der Waals surface area contributed by atoms with Crippen LogP contribution in [0.15, 0.2) is 82.1 Å². The van der Waals surface area contributed by atoms with E-state index in [0.29, 0.717) is 41.2 Å². The summed E-state index contributed by atoms with van der Waals surface area (Å²) in [4.78, 5) is 21.0. The van der Waals surface area contributed by atoms with Crippen molar-refractivity contribution in [3.8, 4) is 11.5 Å². The molecule has 5 aromatic rings. The summed E-state index contributed by atoms with van der Waals surface area (Å²) in [5, 5.41) is 36.1. The Morgan fingerprint density at radius 2 is 1.92 bits per heavy atom. The van der Waals surface area contributed by atoms with E-state index in [2.05, 4.69) is 27.2 Å². The van der Waals surface area contributed by atoms with Gasteiger partial charge < -0.3 is 39.7 Å². The minimum Gasteiger partial charge on any atom is -0.506 e. The first kappa shape index (κ1) is 34.8. The van der Waals surface area contributed by atoms with E-state index in [9.17, 15) is 20.1 Å². The molecule has 0 spiro atoms. The molecule has 1 aliphatic rings. The fraction of sp³-hybridized carbons (Fsp3) is 0.421. The van der Waals surface area contributed by atoms with Crippen molar-refractivity contribution in [2.24, 2.45) is 5.92 Å². The second-order valence-electron chi connectivity index (χ2n) is 13.0. The van der Waals surface area contributed by atoms with E-state index in [4.69, 9.17) is 9.15 Å². The van der Waals surface area contributed by atoms with Gasteiger partial charge in [0.25, 0.3) is 0 Å². The molecule has 2 heterocycles. The number of H-pyrrole nitrogens is 1. The predicted octanol–water partition coefficient (Wildman–Crippen LogP) is 5.87. The molecule has 6 rings (SSSR count). The quantitative estimate of drug-likeness (QED) is 0.0806. The summed E-state index contributed by atoms with van der Waals surface area (Å²) in [6.45, 7) is 3.06. The standard InChI is InChI=1S/C38H46N4O6S/c1-42(20-18-30-24-40-36(48-30)38(46,27-11-4-2-5-12-27)28-13-6-3-7-14-28)19-9-21-47-29-15-8-10-26(22-29)23-39-25-33(44)31-16-17-32(43)34-35(31)49-37(45)41-34/h2,4-5,8,10-12,15-17,22,24,28,33,39,43-44,46H,3,6-7,9,13-14,18-21,23,25H2,1H3,(H,41,45)/t33-,38?/m0/s1. The van der Waals surface area contributed by atoms with Crippen LogP contribution in [0.3, 0.4) is 0 Å². The van der Waals surface area contributed by atoms with Crippen LogP contribution in [0.25, 0.3) is 10.2 Å². The molecule has 1 saturated carbocycles. The van der Waals surface area contributed by atoms with Crippen molar-refractivity contribution in [2.75, 3.05) is 33.3 Å². The van der Waals surface area contributed by atoms with E-state index < -0.39 is 11.7 Å². The number of nitrogens with zero attached hydrogens (tertiary/aromatic N) is 2. The highest BCUT2D eigenvalue weighted by Crippen LogP contribution is 2.43. The highest BCUT2D eigenvalue weighted by Gasteiger charge is 2.44. The number of nitrogens with one attached hydrogen (secondary N) is 2. The Hall–Kier alpha value is -4.00. The van der Waals surface area contributed by atoms with Crippen molar-refractivity contribution in [3.05, 3.63) is 111 Å². The van der Waals surface area contributed by atoms with Gasteiger partial charge in [0.2, 0.25) is 5.89 Å². The largest absolute Gasteiger partial charge is 0.506 e. The molecule has 0 bridgehead atoms. The van der Waals surface area contributed by atoms with Gasteiger partial charge in [-0.1, -0.05) is 79.1 Å². The summed E-state index contributed by atoms with van der Waals surface area (Å²) in [6, 6.07) is 20.9. The number of rotatable bonds is 16. The highest BCUT2D eigenvalue weighted by atomic mass is 32.1. The molecular formula is C38H46N4O6S. The maximum atomic E-state index is 12.1. The molecule has 3 aromatic carbocycles. The Morgan fingerprint density at radius 1 is 1.10 bits per heavy atom. The summed E-state index contributed by atoms with van der Waals surface area (Å²) >= 11 is 0.977. The van der Waals surface area contributed by atoms with E-state index in [1.807, 2.05) is 54.6 Å². The molecular weight excluding hydrogens is 641 g/mol. The number of aromatic nitrogens is 2. The molecule has 1 unspecified atom stereocenters. The van der Waals surface area contributed by atoms with Crippen molar-refractivity contribution in [2.45, 2.75) is 63.2 Å². The molecule has 2 aromatic heterocycles. The number of phenolic OH excluding ortho intramolecular Hbond substituents is 1. The average Bonchev–Trinajstić information content (AvgIpc) is 3.77.